The maximum Gasteiger partial charge on any atom is 0.0701 e. The van der Waals surface area contributed by atoms with Crippen LogP contribution in [0, 0.1) is 0 Å². The molecule has 19 heavy (non-hydrogen) atoms. The van der Waals surface area contributed by atoms with Crippen LogP contribution in [0.2, 0.25) is 0 Å². The van der Waals surface area contributed by atoms with Gasteiger partial charge in [0, 0.05) is 25.4 Å². The Morgan fingerprint density at radius 1 is 1.26 bits per heavy atom. The fraction of sp³-hybridized carbons (Fsp3) is 0.625. The lowest BCUT2D eigenvalue weighted by Gasteiger charge is -2.27. The van der Waals surface area contributed by atoms with E-state index in [2.05, 4.69) is 41.5 Å². The van der Waals surface area contributed by atoms with Crippen LogP contribution in [-0.2, 0) is 4.74 Å². The molecule has 1 saturated heterocycles. The summed E-state index contributed by atoms with van der Waals surface area (Å²) in [5.74, 6) is 0. The Balaban J connectivity index is 1.55. The van der Waals surface area contributed by atoms with Crippen molar-refractivity contribution in [2.24, 2.45) is 0 Å². The second kappa shape index (κ2) is 8.18. The SMILES string of the molecule is CN(CCCNc1ccccc1)CC1CCCCO1. The van der Waals surface area contributed by atoms with Crippen LogP contribution >= 0.6 is 0 Å². The Hall–Kier alpha value is -1.06. The summed E-state index contributed by atoms with van der Waals surface area (Å²) < 4.78 is 5.77. The summed E-state index contributed by atoms with van der Waals surface area (Å²) in [6.45, 7) is 4.18. The third-order valence-corrected chi connectivity index (χ3v) is 3.61. The molecule has 0 saturated carbocycles. The summed E-state index contributed by atoms with van der Waals surface area (Å²) in [7, 11) is 2.19. The second-order valence-electron chi connectivity index (χ2n) is 5.40. The van der Waals surface area contributed by atoms with Gasteiger partial charge in [0.2, 0.25) is 0 Å². The van der Waals surface area contributed by atoms with Crippen molar-refractivity contribution in [1.29, 1.82) is 0 Å². The Labute approximate surface area is 116 Å². The van der Waals surface area contributed by atoms with Gasteiger partial charge in [-0.25, -0.2) is 0 Å². The van der Waals surface area contributed by atoms with E-state index in [-0.39, 0.29) is 0 Å². The highest BCUT2D eigenvalue weighted by Crippen LogP contribution is 2.13. The Morgan fingerprint density at radius 3 is 2.84 bits per heavy atom. The molecule has 2 rings (SSSR count). The summed E-state index contributed by atoms with van der Waals surface area (Å²) in [5.41, 5.74) is 1.21. The van der Waals surface area contributed by atoms with Gasteiger partial charge in [0.1, 0.15) is 0 Å². The monoisotopic (exact) mass is 262 g/mol. The van der Waals surface area contributed by atoms with Crippen LogP contribution in [0.1, 0.15) is 25.7 Å². The Bertz CT molecular complexity index is 336. The number of rotatable bonds is 7. The van der Waals surface area contributed by atoms with Gasteiger partial charge >= 0.3 is 0 Å². The lowest BCUT2D eigenvalue weighted by Crippen LogP contribution is -2.34. The van der Waals surface area contributed by atoms with Gasteiger partial charge in [0.05, 0.1) is 6.10 Å². The summed E-state index contributed by atoms with van der Waals surface area (Å²) in [4.78, 5) is 2.39. The first-order valence-electron chi connectivity index (χ1n) is 7.43. The first kappa shape index (κ1) is 14.4. The minimum absolute atomic E-state index is 0.459. The molecule has 0 radical (unpaired) electrons. The van der Waals surface area contributed by atoms with Crippen LogP contribution in [-0.4, -0.2) is 44.3 Å². The first-order valence-corrected chi connectivity index (χ1v) is 7.43. The number of para-hydroxylation sites is 1. The molecule has 1 fully saturated rings. The molecular weight excluding hydrogens is 236 g/mol. The number of anilines is 1. The molecule has 0 aliphatic carbocycles. The molecule has 106 valence electrons. The molecule has 3 heteroatoms. The molecule has 0 bridgehead atoms. The second-order valence-corrected chi connectivity index (χ2v) is 5.40. The minimum atomic E-state index is 0.459. The number of hydrogen-bond donors (Lipinski definition) is 1. The van der Waals surface area contributed by atoms with E-state index in [0.717, 1.165) is 32.7 Å². The van der Waals surface area contributed by atoms with Crippen LogP contribution in [0.5, 0.6) is 0 Å². The molecule has 1 aromatic carbocycles. The van der Waals surface area contributed by atoms with Gasteiger partial charge in [-0.15, -0.1) is 0 Å². The molecule has 1 atom stereocenters. The van der Waals surface area contributed by atoms with E-state index in [1.807, 2.05) is 6.07 Å². The van der Waals surface area contributed by atoms with E-state index >= 15 is 0 Å². The standard InChI is InChI=1S/C16H26N2O/c1-18(14-16-10-5-6-13-19-16)12-7-11-17-15-8-3-2-4-9-15/h2-4,8-9,16-17H,5-7,10-14H2,1H3. The molecule has 1 aliphatic heterocycles. The summed E-state index contributed by atoms with van der Waals surface area (Å²) in [6, 6.07) is 10.4. The predicted molar refractivity (Wildman–Crippen MR) is 80.6 cm³/mol. The maximum atomic E-state index is 5.77. The summed E-state index contributed by atoms with van der Waals surface area (Å²) >= 11 is 0. The molecule has 1 aliphatic rings. The lowest BCUT2D eigenvalue weighted by molar-refractivity contribution is -0.00142. The number of benzene rings is 1. The van der Waals surface area contributed by atoms with Crippen LogP contribution in [0.25, 0.3) is 0 Å². The van der Waals surface area contributed by atoms with Crippen molar-refractivity contribution < 1.29 is 4.74 Å². The van der Waals surface area contributed by atoms with E-state index in [1.54, 1.807) is 0 Å². The van der Waals surface area contributed by atoms with Gasteiger partial charge in [-0.05, 0) is 51.4 Å². The van der Waals surface area contributed by atoms with Gasteiger partial charge in [0.15, 0.2) is 0 Å². The van der Waals surface area contributed by atoms with Crippen LogP contribution in [0.15, 0.2) is 30.3 Å². The molecule has 1 N–H and O–H groups in total. The third kappa shape index (κ3) is 5.62. The van der Waals surface area contributed by atoms with E-state index in [0.29, 0.717) is 6.10 Å². The molecule has 0 amide bonds. The van der Waals surface area contributed by atoms with Crippen molar-refractivity contribution in [3.8, 4) is 0 Å². The molecule has 1 heterocycles. The number of nitrogens with one attached hydrogen (secondary N) is 1. The highest BCUT2D eigenvalue weighted by Gasteiger charge is 2.15. The van der Waals surface area contributed by atoms with Crippen LogP contribution < -0.4 is 5.32 Å². The van der Waals surface area contributed by atoms with Crippen molar-refractivity contribution in [3.63, 3.8) is 0 Å². The average Bonchev–Trinajstić information content (AvgIpc) is 2.46. The molecule has 1 unspecified atom stereocenters. The third-order valence-electron chi connectivity index (χ3n) is 3.61. The number of ether oxygens (including phenoxy) is 1. The van der Waals surface area contributed by atoms with Gasteiger partial charge in [-0.3, -0.25) is 0 Å². The van der Waals surface area contributed by atoms with Crippen molar-refractivity contribution in [3.05, 3.63) is 30.3 Å². The van der Waals surface area contributed by atoms with Crippen molar-refractivity contribution in [1.82, 2.24) is 4.90 Å². The molecule has 0 aromatic heterocycles. The summed E-state index contributed by atoms with van der Waals surface area (Å²) in [6.07, 6.45) is 5.42. The molecule has 0 spiro atoms. The van der Waals surface area contributed by atoms with Gasteiger partial charge in [0.25, 0.3) is 0 Å². The van der Waals surface area contributed by atoms with Gasteiger partial charge in [-0.2, -0.15) is 0 Å². The summed E-state index contributed by atoms with van der Waals surface area (Å²) in [5, 5.41) is 3.45. The largest absolute Gasteiger partial charge is 0.385 e. The van der Waals surface area contributed by atoms with E-state index < -0.39 is 0 Å². The number of hydrogen-bond acceptors (Lipinski definition) is 3. The molecule has 1 aromatic rings. The predicted octanol–water partition coefficient (Wildman–Crippen LogP) is 2.99. The highest BCUT2D eigenvalue weighted by atomic mass is 16.5. The van der Waals surface area contributed by atoms with E-state index in [1.165, 1.54) is 24.9 Å². The van der Waals surface area contributed by atoms with Gasteiger partial charge in [-0.1, -0.05) is 18.2 Å². The van der Waals surface area contributed by atoms with Crippen LogP contribution in [0.4, 0.5) is 5.69 Å². The zero-order valence-corrected chi connectivity index (χ0v) is 12.0. The van der Waals surface area contributed by atoms with Crippen LogP contribution in [0.3, 0.4) is 0 Å². The Kier molecular flexibility index (Phi) is 6.18. The van der Waals surface area contributed by atoms with E-state index in [4.69, 9.17) is 4.74 Å². The lowest BCUT2D eigenvalue weighted by atomic mass is 10.1. The molecule has 3 nitrogen and oxygen atoms in total. The topological polar surface area (TPSA) is 24.5 Å². The van der Waals surface area contributed by atoms with Gasteiger partial charge < -0.3 is 15.0 Å². The Morgan fingerprint density at radius 2 is 2.11 bits per heavy atom. The van der Waals surface area contributed by atoms with Crippen molar-refractivity contribution in [2.45, 2.75) is 31.8 Å². The average molecular weight is 262 g/mol. The number of likely N-dealkylation sites (N-methyl/N-ethyl adjacent to an activating group) is 1. The fourth-order valence-corrected chi connectivity index (χ4v) is 2.53. The smallest absolute Gasteiger partial charge is 0.0701 e. The molecular formula is C16H26N2O. The fourth-order valence-electron chi connectivity index (χ4n) is 2.53. The first-order chi connectivity index (χ1) is 9.34. The van der Waals surface area contributed by atoms with Crippen molar-refractivity contribution >= 4 is 5.69 Å². The quantitative estimate of drug-likeness (QED) is 0.765. The maximum absolute atomic E-state index is 5.77. The zero-order valence-electron chi connectivity index (χ0n) is 12.0. The van der Waals surface area contributed by atoms with Crippen molar-refractivity contribution in [2.75, 3.05) is 38.6 Å². The minimum Gasteiger partial charge on any atom is -0.385 e. The highest BCUT2D eigenvalue weighted by molar-refractivity contribution is 5.42. The van der Waals surface area contributed by atoms with E-state index in [9.17, 15) is 0 Å². The zero-order chi connectivity index (χ0) is 13.3. The normalized spacial score (nSPS) is 19.6. The number of nitrogens with zero attached hydrogens (tertiary/aromatic N) is 1.